The predicted octanol–water partition coefficient (Wildman–Crippen LogP) is 3.06. The number of ether oxygens (including phenoxy) is 1. The van der Waals surface area contributed by atoms with Crippen molar-refractivity contribution >= 4 is 33.2 Å². The lowest BCUT2D eigenvalue weighted by molar-refractivity contribution is -0.118. The molecule has 0 unspecified atom stereocenters. The van der Waals surface area contributed by atoms with E-state index in [0.29, 0.717) is 11.3 Å². The van der Waals surface area contributed by atoms with E-state index in [0.717, 1.165) is 10.4 Å². The normalized spacial score (nSPS) is 11.5. The summed E-state index contributed by atoms with van der Waals surface area (Å²) in [6.07, 6.45) is 0. The van der Waals surface area contributed by atoms with Gasteiger partial charge in [0.2, 0.25) is 10.0 Å². The van der Waals surface area contributed by atoms with Crippen LogP contribution in [0, 0.1) is 12.7 Å². The summed E-state index contributed by atoms with van der Waals surface area (Å²) < 4.78 is 43.7. The van der Waals surface area contributed by atoms with Crippen molar-refractivity contribution in [1.82, 2.24) is 4.31 Å². The molecule has 0 spiro atoms. The van der Waals surface area contributed by atoms with Crippen LogP contribution in [0.15, 0.2) is 41.3 Å². The van der Waals surface area contributed by atoms with Crippen molar-refractivity contribution < 1.29 is 22.3 Å². The zero-order chi connectivity index (χ0) is 19.5. The maximum absolute atomic E-state index is 13.0. The van der Waals surface area contributed by atoms with Crippen LogP contribution in [0.1, 0.15) is 5.56 Å². The third-order valence-electron chi connectivity index (χ3n) is 3.51. The molecule has 26 heavy (non-hydrogen) atoms. The Balaban J connectivity index is 2.11. The molecule has 0 heterocycles. The number of anilines is 1. The summed E-state index contributed by atoms with van der Waals surface area (Å²) in [4.78, 5) is 12.2. The van der Waals surface area contributed by atoms with Crippen LogP contribution >= 0.6 is 11.6 Å². The van der Waals surface area contributed by atoms with Gasteiger partial charge in [0.15, 0.2) is 6.61 Å². The number of halogens is 2. The van der Waals surface area contributed by atoms with E-state index in [1.165, 1.54) is 38.4 Å². The van der Waals surface area contributed by atoms with Crippen LogP contribution < -0.4 is 10.1 Å². The monoisotopic (exact) mass is 400 g/mol. The summed E-state index contributed by atoms with van der Waals surface area (Å²) in [5, 5.41) is 2.65. The summed E-state index contributed by atoms with van der Waals surface area (Å²) in [7, 11) is -0.770. The summed E-state index contributed by atoms with van der Waals surface area (Å²) in [6, 6.07) is 8.01. The second kappa shape index (κ2) is 8.03. The maximum atomic E-state index is 13.0. The first-order valence-electron chi connectivity index (χ1n) is 7.52. The van der Waals surface area contributed by atoms with Crippen LogP contribution in [0.3, 0.4) is 0 Å². The van der Waals surface area contributed by atoms with Gasteiger partial charge in [-0.1, -0.05) is 17.7 Å². The molecule has 0 fully saturated rings. The minimum Gasteiger partial charge on any atom is -0.482 e. The van der Waals surface area contributed by atoms with Gasteiger partial charge in [0, 0.05) is 19.8 Å². The highest BCUT2D eigenvalue weighted by molar-refractivity contribution is 7.89. The number of carbonyl (C=O) groups excluding carboxylic acids is 1. The van der Waals surface area contributed by atoms with Crippen LogP contribution in [-0.4, -0.2) is 39.3 Å². The van der Waals surface area contributed by atoms with E-state index in [2.05, 4.69) is 5.32 Å². The lowest BCUT2D eigenvalue weighted by Crippen LogP contribution is -2.23. The molecule has 2 rings (SSSR count). The second-order valence-electron chi connectivity index (χ2n) is 5.68. The molecular weight excluding hydrogens is 383 g/mol. The van der Waals surface area contributed by atoms with Gasteiger partial charge in [-0.2, -0.15) is 0 Å². The van der Waals surface area contributed by atoms with Gasteiger partial charge in [0.25, 0.3) is 5.91 Å². The molecule has 0 aromatic heterocycles. The summed E-state index contributed by atoms with van der Waals surface area (Å²) in [5.74, 6) is -0.849. The molecule has 140 valence electrons. The van der Waals surface area contributed by atoms with Crippen LogP contribution in [-0.2, 0) is 14.8 Å². The number of nitrogens with one attached hydrogen (secondary N) is 1. The summed E-state index contributed by atoms with van der Waals surface area (Å²) >= 11 is 5.83. The number of benzene rings is 2. The molecule has 6 nitrogen and oxygen atoms in total. The van der Waals surface area contributed by atoms with Crippen molar-refractivity contribution in [2.75, 3.05) is 26.0 Å². The van der Waals surface area contributed by atoms with E-state index >= 15 is 0 Å². The Morgan fingerprint density at radius 3 is 2.54 bits per heavy atom. The SMILES string of the molecule is Cc1ccc(S(=O)(=O)N(C)C)cc1NC(=O)COc1ccc(F)cc1Cl. The van der Waals surface area contributed by atoms with E-state index in [1.807, 2.05) is 0 Å². The van der Waals surface area contributed by atoms with E-state index < -0.39 is 21.7 Å². The highest BCUT2D eigenvalue weighted by atomic mass is 35.5. The molecular formula is C17H18ClFN2O4S. The van der Waals surface area contributed by atoms with Crippen molar-refractivity contribution in [3.05, 3.63) is 52.8 Å². The lowest BCUT2D eigenvalue weighted by Gasteiger charge is -2.14. The Labute approximate surface area is 156 Å². The summed E-state index contributed by atoms with van der Waals surface area (Å²) in [5.41, 5.74) is 1.04. The van der Waals surface area contributed by atoms with E-state index in [9.17, 15) is 17.6 Å². The molecule has 1 amide bonds. The van der Waals surface area contributed by atoms with Crippen LogP contribution in [0.5, 0.6) is 5.75 Å². The minimum absolute atomic E-state index is 0.0491. The van der Waals surface area contributed by atoms with Gasteiger partial charge >= 0.3 is 0 Å². The Kier molecular flexibility index (Phi) is 6.22. The minimum atomic E-state index is -3.62. The molecule has 1 N–H and O–H groups in total. The standard InChI is InChI=1S/C17H18ClFN2O4S/c1-11-4-6-13(26(23,24)21(2)3)9-15(11)20-17(22)10-25-16-7-5-12(19)8-14(16)18/h4-9H,10H2,1-3H3,(H,20,22). The van der Waals surface area contributed by atoms with Gasteiger partial charge in [0.05, 0.1) is 9.92 Å². The van der Waals surface area contributed by atoms with Gasteiger partial charge < -0.3 is 10.1 Å². The number of hydrogen-bond acceptors (Lipinski definition) is 4. The number of sulfonamides is 1. The number of rotatable bonds is 6. The first-order chi connectivity index (χ1) is 12.1. The third-order valence-corrected chi connectivity index (χ3v) is 5.62. The zero-order valence-electron chi connectivity index (χ0n) is 14.4. The number of carbonyl (C=O) groups is 1. The molecule has 2 aromatic carbocycles. The van der Waals surface area contributed by atoms with Gasteiger partial charge in [-0.05, 0) is 42.8 Å². The lowest BCUT2D eigenvalue weighted by atomic mass is 10.2. The average molecular weight is 401 g/mol. The molecule has 0 aliphatic rings. The first kappa shape index (κ1) is 20.2. The molecule has 2 aromatic rings. The number of hydrogen-bond donors (Lipinski definition) is 1. The van der Waals surface area contributed by atoms with Crippen LogP contribution in [0.2, 0.25) is 5.02 Å². The number of aryl methyl sites for hydroxylation is 1. The quantitative estimate of drug-likeness (QED) is 0.808. The van der Waals surface area contributed by atoms with Gasteiger partial charge in [-0.3, -0.25) is 4.79 Å². The Hall–Kier alpha value is -2.16. The first-order valence-corrected chi connectivity index (χ1v) is 9.34. The Morgan fingerprint density at radius 1 is 1.23 bits per heavy atom. The Morgan fingerprint density at radius 2 is 1.92 bits per heavy atom. The third kappa shape index (κ3) is 4.72. The largest absolute Gasteiger partial charge is 0.482 e. The van der Waals surface area contributed by atoms with Crippen LogP contribution in [0.25, 0.3) is 0 Å². The van der Waals surface area contributed by atoms with Gasteiger partial charge in [-0.25, -0.2) is 17.1 Å². The second-order valence-corrected chi connectivity index (χ2v) is 8.23. The molecule has 0 radical (unpaired) electrons. The van der Waals surface area contributed by atoms with E-state index in [-0.39, 0.29) is 22.3 Å². The summed E-state index contributed by atoms with van der Waals surface area (Å²) in [6.45, 7) is 1.37. The molecule has 9 heteroatoms. The topological polar surface area (TPSA) is 75.7 Å². The van der Waals surface area contributed by atoms with E-state index in [1.54, 1.807) is 13.0 Å². The molecule has 0 saturated heterocycles. The molecule has 0 aliphatic heterocycles. The fraction of sp³-hybridized carbons (Fsp3) is 0.235. The highest BCUT2D eigenvalue weighted by Crippen LogP contribution is 2.25. The fourth-order valence-electron chi connectivity index (χ4n) is 2.03. The van der Waals surface area contributed by atoms with Crippen molar-refractivity contribution in [3.8, 4) is 5.75 Å². The molecule has 0 saturated carbocycles. The van der Waals surface area contributed by atoms with Crippen molar-refractivity contribution in [1.29, 1.82) is 0 Å². The highest BCUT2D eigenvalue weighted by Gasteiger charge is 2.19. The molecule has 0 atom stereocenters. The molecule has 0 aliphatic carbocycles. The zero-order valence-corrected chi connectivity index (χ0v) is 16.0. The van der Waals surface area contributed by atoms with Crippen molar-refractivity contribution in [3.63, 3.8) is 0 Å². The molecule has 0 bridgehead atoms. The predicted molar refractivity (Wildman–Crippen MR) is 97.6 cm³/mol. The van der Waals surface area contributed by atoms with Gasteiger partial charge in [-0.15, -0.1) is 0 Å². The van der Waals surface area contributed by atoms with Crippen molar-refractivity contribution in [2.45, 2.75) is 11.8 Å². The van der Waals surface area contributed by atoms with E-state index in [4.69, 9.17) is 16.3 Å². The Bertz CT molecular complexity index is 932. The smallest absolute Gasteiger partial charge is 0.262 e. The average Bonchev–Trinajstić information content (AvgIpc) is 2.55. The number of nitrogens with zero attached hydrogens (tertiary/aromatic N) is 1. The number of amides is 1. The van der Waals surface area contributed by atoms with Gasteiger partial charge in [0.1, 0.15) is 11.6 Å². The fourth-order valence-corrected chi connectivity index (χ4v) is 3.18. The van der Waals surface area contributed by atoms with Crippen LogP contribution in [0.4, 0.5) is 10.1 Å². The van der Waals surface area contributed by atoms with Crippen molar-refractivity contribution in [2.24, 2.45) is 0 Å². The maximum Gasteiger partial charge on any atom is 0.262 e.